The minimum absolute atomic E-state index is 0.0906. The van der Waals surface area contributed by atoms with Crippen LogP contribution in [0.15, 0.2) is 12.3 Å². The summed E-state index contributed by atoms with van der Waals surface area (Å²) in [4.78, 5) is 2.71. The minimum atomic E-state index is -0.0906. The number of halogens is 1. The third-order valence-corrected chi connectivity index (χ3v) is 6.24. The average molecular weight is 343 g/mol. The Bertz CT molecular complexity index is 599. The molecule has 2 aromatic rings. The molecule has 0 aliphatic carbocycles. The molecule has 0 saturated carbocycles. The molecule has 0 aromatic carbocycles. The summed E-state index contributed by atoms with van der Waals surface area (Å²) in [5, 5.41) is 5.04. The second-order valence-corrected chi connectivity index (χ2v) is 7.78. The lowest BCUT2D eigenvalue weighted by Gasteiger charge is -2.17. The summed E-state index contributed by atoms with van der Waals surface area (Å²) >= 11 is 10.2. The zero-order chi connectivity index (χ0) is 14.8. The number of nitrogens with one attached hydrogen (secondary N) is 1. The van der Waals surface area contributed by atoms with Gasteiger partial charge in [-0.05, 0) is 30.2 Å². The Hall–Kier alpha value is -0.530. The summed E-state index contributed by atoms with van der Waals surface area (Å²) in [5.74, 6) is 8.15. The first-order valence-corrected chi connectivity index (χ1v) is 9.46. The zero-order valence-electron chi connectivity index (χ0n) is 11.9. The number of hydrogen-bond donors (Lipinski definition) is 2. The van der Waals surface area contributed by atoms with E-state index in [2.05, 4.69) is 23.5 Å². The van der Waals surface area contributed by atoms with Gasteiger partial charge in [0.1, 0.15) is 0 Å². The van der Waals surface area contributed by atoms with E-state index in [4.69, 9.17) is 17.4 Å². The molecule has 0 radical (unpaired) electrons. The maximum atomic E-state index is 6.35. The molecule has 21 heavy (non-hydrogen) atoms. The van der Waals surface area contributed by atoms with Crippen molar-refractivity contribution < 1.29 is 0 Å². The summed E-state index contributed by atoms with van der Waals surface area (Å²) in [5.41, 5.74) is 5.34. The first-order valence-electron chi connectivity index (χ1n) is 7.11. The summed E-state index contributed by atoms with van der Waals surface area (Å²) < 4.78 is 1.96. The molecule has 0 saturated heterocycles. The average Bonchev–Trinajstić information content (AvgIpc) is 3.06. The van der Waals surface area contributed by atoms with E-state index in [1.807, 2.05) is 27.8 Å². The van der Waals surface area contributed by atoms with E-state index in [1.165, 1.54) is 21.1 Å². The fraction of sp³-hybridized carbons (Fsp3) is 0.500. The molecule has 3 rings (SSSR count). The molecule has 1 aliphatic heterocycles. The Labute approximate surface area is 138 Å². The molecule has 3 heterocycles. The van der Waals surface area contributed by atoms with Gasteiger partial charge in [0.15, 0.2) is 0 Å². The SMILES string of the molecule is CCCn1ncc(Cl)c1C(NN)c1cc2c(s1)CCSC2. The van der Waals surface area contributed by atoms with Crippen molar-refractivity contribution >= 4 is 34.7 Å². The Morgan fingerprint density at radius 2 is 2.43 bits per heavy atom. The van der Waals surface area contributed by atoms with Crippen LogP contribution in [0.3, 0.4) is 0 Å². The van der Waals surface area contributed by atoms with Crippen molar-refractivity contribution in [2.45, 2.75) is 38.1 Å². The number of nitrogens with zero attached hydrogens (tertiary/aromatic N) is 2. The Kier molecular flexibility index (Phi) is 4.91. The van der Waals surface area contributed by atoms with Crippen LogP contribution in [-0.2, 0) is 18.7 Å². The van der Waals surface area contributed by atoms with Crippen LogP contribution in [0.25, 0.3) is 0 Å². The lowest BCUT2D eigenvalue weighted by Crippen LogP contribution is -2.30. The van der Waals surface area contributed by atoms with Crippen LogP contribution < -0.4 is 11.3 Å². The number of rotatable bonds is 5. The molecule has 4 nitrogen and oxygen atoms in total. The van der Waals surface area contributed by atoms with Gasteiger partial charge in [0.2, 0.25) is 0 Å². The van der Waals surface area contributed by atoms with Crippen molar-refractivity contribution in [2.24, 2.45) is 5.84 Å². The normalized spacial score (nSPS) is 16.0. The number of fused-ring (bicyclic) bond motifs is 1. The summed E-state index contributed by atoms with van der Waals surface area (Å²) in [6, 6.07) is 2.18. The van der Waals surface area contributed by atoms with Crippen molar-refractivity contribution in [3.8, 4) is 0 Å². The predicted molar refractivity (Wildman–Crippen MR) is 90.9 cm³/mol. The number of hydrazine groups is 1. The lowest BCUT2D eigenvalue weighted by atomic mass is 10.1. The van der Waals surface area contributed by atoms with Gasteiger partial charge in [0.05, 0.1) is 23.0 Å². The molecule has 1 unspecified atom stereocenters. The fourth-order valence-electron chi connectivity index (χ4n) is 2.66. The van der Waals surface area contributed by atoms with Crippen LogP contribution in [0, 0.1) is 0 Å². The Morgan fingerprint density at radius 3 is 3.14 bits per heavy atom. The number of aromatic nitrogens is 2. The monoisotopic (exact) mass is 342 g/mol. The standard InChI is InChI=1S/C14H19ClN4S2/c1-2-4-19-14(10(15)7-17-19)13(18-16)12-6-9-8-20-5-3-11(9)21-12/h6-7,13,18H,2-5,8,16H2,1H3. The second-order valence-electron chi connectivity index (χ2n) is 5.10. The van der Waals surface area contributed by atoms with E-state index in [-0.39, 0.29) is 6.04 Å². The van der Waals surface area contributed by atoms with Gasteiger partial charge in [-0.1, -0.05) is 18.5 Å². The molecule has 114 valence electrons. The lowest BCUT2D eigenvalue weighted by molar-refractivity contribution is 0.524. The van der Waals surface area contributed by atoms with Gasteiger partial charge in [-0.3, -0.25) is 10.5 Å². The van der Waals surface area contributed by atoms with Crippen molar-refractivity contribution in [3.63, 3.8) is 0 Å². The number of hydrogen-bond acceptors (Lipinski definition) is 5. The quantitative estimate of drug-likeness (QED) is 0.646. The zero-order valence-corrected chi connectivity index (χ0v) is 14.3. The van der Waals surface area contributed by atoms with Gasteiger partial charge in [-0.25, -0.2) is 5.43 Å². The first-order chi connectivity index (χ1) is 10.2. The Balaban J connectivity index is 1.98. The van der Waals surface area contributed by atoms with E-state index in [0.29, 0.717) is 5.02 Å². The summed E-state index contributed by atoms with van der Waals surface area (Å²) in [6.45, 7) is 2.98. The molecule has 3 N–H and O–H groups in total. The van der Waals surface area contributed by atoms with Crippen LogP contribution in [0.2, 0.25) is 5.02 Å². The minimum Gasteiger partial charge on any atom is -0.270 e. The van der Waals surface area contributed by atoms with E-state index < -0.39 is 0 Å². The first kappa shape index (κ1) is 15.4. The van der Waals surface area contributed by atoms with Crippen molar-refractivity contribution in [3.05, 3.63) is 38.3 Å². The highest BCUT2D eigenvalue weighted by atomic mass is 35.5. The second kappa shape index (κ2) is 6.71. The molecule has 0 spiro atoms. The van der Waals surface area contributed by atoms with E-state index >= 15 is 0 Å². The molecule has 0 bridgehead atoms. The topological polar surface area (TPSA) is 55.9 Å². The van der Waals surface area contributed by atoms with E-state index in [0.717, 1.165) is 30.8 Å². The van der Waals surface area contributed by atoms with Crippen LogP contribution in [0.4, 0.5) is 0 Å². The van der Waals surface area contributed by atoms with Crippen LogP contribution >= 0.6 is 34.7 Å². The summed E-state index contributed by atoms with van der Waals surface area (Å²) in [7, 11) is 0. The molecule has 1 aliphatic rings. The van der Waals surface area contributed by atoms with Crippen molar-refractivity contribution in [1.29, 1.82) is 0 Å². The summed E-state index contributed by atoms with van der Waals surface area (Å²) in [6.07, 6.45) is 3.88. The van der Waals surface area contributed by atoms with Gasteiger partial charge in [-0.2, -0.15) is 16.9 Å². The van der Waals surface area contributed by atoms with Crippen molar-refractivity contribution in [2.75, 3.05) is 5.75 Å². The maximum absolute atomic E-state index is 6.35. The maximum Gasteiger partial charge on any atom is 0.0985 e. The fourth-order valence-corrected chi connectivity index (χ4v) is 5.35. The highest BCUT2D eigenvalue weighted by molar-refractivity contribution is 7.98. The number of thiophene rings is 1. The highest BCUT2D eigenvalue weighted by Crippen LogP contribution is 2.37. The van der Waals surface area contributed by atoms with Crippen LogP contribution in [-0.4, -0.2) is 15.5 Å². The third kappa shape index (κ3) is 3.00. The molecule has 2 aromatic heterocycles. The molecule has 7 heteroatoms. The van der Waals surface area contributed by atoms with Crippen LogP contribution in [0.1, 0.15) is 40.4 Å². The van der Waals surface area contributed by atoms with Gasteiger partial charge < -0.3 is 0 Å². The van der Waals surface area contributed by atoms with E-state index in [1.54, 1.807) is 6.20 Å². The third-order valence-electron chi connectivity index (χ3n) is 3.64. The number of nitrogens with two attached hydrogens (primary N) is 1. The van der Waals surface area contributed by atoms with Gasteiger partial charge in [0, 0.05) is 22.1 Å². The van der Waals surface area contributed by atoms with E-state index in [9.17, 15) is 0 Å². The van der Waals surface area contributed by atoms with Crippen molar-refractivity contribution in [1.82, 2.24) is 15.2 Å². The van der Waals surface area contributed by atoms with Gasteiger partial charge >= 0.3 is 0 Å². The molecule has 0 fully saturated rings. The molecular formula is C14H19ClN4S2. The smallest absolute Gasteiger partial charge is 0.0985 e. The molecule has 0 amide bonds. The van der Waals surface area contributed by atoms with Gasteiger partial charge in [-0.15, -0.1) is 11.3 Å². The Morgan fingerprint density at radius 1 is 1.57 bits per heavy atom. The predicted octanol–water partition coefficient (Wildman–Crippen LogP) is 3.35. The molecule has 1 atom stereocenters. The highest BCUT2D eigenvalue weighted by Gasteiger charge is 2.25. The number of thioether (sulfide) groups is 1. The largest absolute Gasteiger partial charge is 0.270 e. The molecular weight excluding hydrogens is 324 g/mol. The number of aryl methyl sites for hydroxylation is 2. The van der Waals surface area contributed by atoms with Crippen LogP contribution in [0.5, 0.6) is 0 Å². The van der Waals surface area contributed by atoms with Gasteiger partial charge in [0.25, 0.3) is 0 Å².